The summed E-state index contributed by atoms with van der Waals surface area (Å²) in [5.74, 6) is -0.200. The summed E-state index contributed by atoms with van der Waals surface area (Å²) in [6.45, 7) is 7.15. The molecule has 0 fully saturated rings. The summed E-state index contributed by atoms with van der Waals surface area (Å²) in [5.41, 5.74) is 3.47. The standard InChI is InChI=1S/C23H29N3O4/c1-3-25-20-10-5-6-11-21(20)26(23(25)28)16-22(27)24-15-18-8-7-9-19(14-18)17-30-13-12-29-4-2/h5-11,14H,3-4,12-13,15-17H2,1-2H3,(H,24,27). The lowest BCUT2D eigenvalue weighted by Gasteiger charge is -2.09. The molecule has 7 heteroatoms. The van der Waals surface area contributed by atoms with Gasteiger partial charge in [-0.25, -0.2) is 4.79 Å². The molecule has 0 radical (unpaired) electrons. The molecule has 0 aliphatic heterocycles. The van der Waals surface area contributed by atoms with Crippen molar-refractivity contribution in [3.63, 3.8) is 0 Å². The molecule has 0 bridgehead atoms. The molecule has 1 heterocycles. The quantitative estimate of drug-likeness (QED) is 0.493. The number of nitrogens with zero attached hydrogens (tertiary/aromatic N) is 2. The Hall–Kier alpha value is -2.90. The van der Waals surface area contributed by atoms with Gasteiger partial charge in [0.05, 0.1) is 30.9 Å². The van der Waals surface area contributed by atoms with Crippen LogP contribution in [0.15, 0.2) is 53.3 Å². The van der Waals surface area contributed by atoms with Gasteiger partial charge >= 0.3 is 5.69 Å². The number of nitrogens with one attached hydrogen (secondary N) is 1. The number of hydrogen-bond donors (Lipinski definition) is 1. The number of aryl methyl sites for hydroxylation is 1. The van der Waals surface area contributed by atoms with Gasteiger partial charge in [0, 0.05) is 19.7 Å². The first kappa shape index (κ1) is 21.8. The van der Waals surface area contributed by atoms with Crippen LogP contribution in [-0.4, -0.2) is 34.9 Å². The van der Waals surface area contributed by atoms with E-state index in [9.17, 15) is 9.59 Å². The monoisotopic (exact) mass is 411 g/mol. The second-order valence-electron chi connectivity index (χ2n) is 6.95. The smallest absolute Gasteiger partial charge is 0.329 e. The Morgan fingerprint density at radius 3 is 2.37 bits per heavy atom. The van der Waals surface area contributed by atoms with Crippen molar-refractivity contribution in [2.45, 2.75) is 40.1 Å². The van der Waals surface area contributed by atoms with Crippen LogP contribution >= 0.6 is 0 Å². The third-order valence-electron chi connectivity index (χ3n) is 4.87. The third-order valence-corrected chi connectivity index (χ3v) is 4.87. The summed E-state index contributed by atoms with van der Waals surface area (Å²) in [5, 5.41) is 2.91. The van der Waals surface area contributed by atoms with Crippen LogP contribution in [0.4, 0.5) is 0 Å². The number of aromatic nitrogens is 2. The average molecular weight is 412 g/mol. The Labute approximate surface area is 176 Å². The highest BCUT2D eigenvalue weighted by atomic mass is 16.5. The van der Waals surface area contributed by atoms with Crippen molar-refractivity contribution in [1.82, 2.24) is 14.5 Å². The van der Waals surface area contributed by atoms with Gasteiger partial charge in [0.2, 0.25) is 5.91 Å². The van der Waals surface area contributed by atoms with Gasteiger partial charge in [-0.1, -0.05) is 36.4 Å². The molecular formula is C23H29N3O4. The molecule has 7 nitrogen and oxygen atoms in total. The molecule has 0 spiro atoms. The van der Waals surface area contributed by atoms with E-state index >= 15 is 0 Å². The van der Waals surface area contributed by atoms with E-state index in [0.29, 0.717) is 39.5 Å². The molecule has 3 aromatic rings. The lowest BCUT2D eigenvalue weighted by atomic mass is 10.1. The summed E-state index contributed by atoms with van der Waals surface area (Å²) < 4.78 is 14.1. The maximum absolute atomic E-state index is 12.7. The maximum atomic E-state index is 12.7. The van der Waals surface area contributed by atoms with Gasteiger partial charge < -0.3 is 14.8 Å². The van der Waals surface area contributed by atoms with Gasteiger partial charge in [-0.3, -0.25) is 13.9 Å². The van der Waals surface area contributed by atoms with Crippen molar-refractivity contribution in [2.75, 3.05) is 19.8 Å². The van der Waals surface area contributed by atoms with Crippen molar-refractivity contribution in [2.24, 2.45) is 0 Å². The predicted octanol–water partition coefficient (Wildman–Crippen LogP) is 2.69. The van der Waals surface area contributed by atoms with E-state index in [-0.39, 0.29) is 18.1 Å². The lowest BCUT2D eigenvalue weighted by Crippen LogP contribution is -2.32. The first-order chi connectivity index (χ1) is 14.6. The maximum Gasteiger partial charge on any atom is 0.329 e. The van der Waals surface area contributed by atoms with Crippen molar-refractivity contribution in [1.29, 1.82) is 0 Å². The van der Waals surface area contributed by atoms with E-state index in [2.05, 4.69) is 5.32 Å². The molecule has 3 rings (SSSR count). The van der Waals surface area contributed by atoms with Crippen molar-refractivity contribution >= 4 is 16.9 Å². The minimum Gasteiger partial charge on any atom is -0.379 e. The SMILES string of the molecule is CCOCCOCc1cccc(CNC(=O)Cn2c(=O)n(CC)c3ccccc32)c1. The number of imidazole rings is 1. The van der Waals surface area contributed by atoms with E-state index < -0.39 is 0 Å². The fourth-order valence-electron chi connectivity index (χ4n) is 3.41. The van der Waals surface area contributed by atoms with Crippen LogP contribution < -0.4 is 11.0 Å². The average Bonchev–Trinajstić information content (AvgIpc) is 3.03. The van der Waals surface area contributed by atoms with Crippen LogP contribution in [0.1, 0.15) is 25.0 Å². The highest BCUT2D eigenvalue weighted by Gasteiger charge is 2.14. The molecule has 0 unspecified atom stereocenters. The van der Waals surface area contributed by atoms with Gasteiger partial charge in [-0.05, 0) is 37.1 Å². The molecule has 0 atom stereocenters. The van der Waals surface area contributed by atoms with Crippen LogP contribution in [0.2, 0.25) is 0 Å². The molecule has 0 aliphatic rings. The molecule has 1 aromatic heterocycles. The minimum atomic E-state index is -0.200. The molecule has 160 valence electrons. The minimum absolute atomic E-state index is 0.00736. The summed E-state index contributed by atoms with van der Waals surface area (Å²) in [6, 6.07) is 15.4. The number of rotatable bonds is 11. The van der Waals surface area contributed by atoms with Gasteiger partial charge in [0.1, 0.15) is 6.54 Å². The molecular weight excluding hydrogens is 382 g/mol. The van der Waals surface area contributed by atoms with Crippen LogP contribution in [0.3, 0.4) is 0 Å². The molecule has 2 aromatic carbocycles. The Balaban J connectivity index is 1.58. The fourth-order valence-corrected chi connectivity index (χ4v) is 3.41. The first-order valence-electron chi connectivity index (χ1n) is 10.3. The highest BCUT2D eigenvalue weighted by molar-refractivity contribution is 5.80. The van der Waals surface area contributed by atoms with Crippen LogP contribution in [-0.2, 0) is 40.5 Å². The number of carbonyl (C=O) groups is 1. The summed E-state index contributed by atoms with van der Waals surface area (Å²) in [7, 11) is 0. The highest BCUT2D eigenvalue weighted by Crippen LogP contribution is 2.12. The zero-order chi connectivity index (χ0) is 21.3. The summed E-state index contributed by atoms with van der Waals surface area (Å²) >= 11 is 0. The van der Waals surface area contributed by atoms with E-state index in [4.69, 9.17) is 9.47 Å². The number of amides is 1. The van der Waals surface area contributed by atoms with Crippen LogP contribution in [0, 0.1) is 0 Å². The lowest BCUT2D eigenvalue weighted by molar-refractivity contribution is -0.121. The number of hydrogen-bond acceptors (Lipinski definition) is 4. The molecule has 30 heavy (non-hydrogen) atoms. The Morgan fingerprint density at radius 1 is 0.933 bits per heavy atom. The van der Waals surface area contributed by atoms with Gasteiger partial charge in [0.15, 0.2) is 0 Å². The van der Waals surface area contributed by atoms with Crippen LogP contribution in [0.25, 0.3) is 11.0 Å². The zero-order valence-electron chi connectivity index (χ0n) is 17.6. The van der Waals surface area contributed by atoms with Gasteiger partial charge in [0.25, 0.3) is 0 Å². The molecule has 1 N–H and O–H groups in total. The third kappa shape index (κ3) is 5.37. The van der Waals surface area contributed by atoms with E-state index in [1.165, 1.54) is 4.57 Å². The normalized spacial score (nSPS) is 11.1. The second kappa shape index (κ2) is 10.8. The zero-order valence-corrected chi connectivity index (χ0v) is 17.6. The van der Waals surface area contributed by atoms with Crippen molar-refractivity contribution in [3.8, 4) is 0 Å². The summed E-state index contributed by atoms with van der Waals surface area (Å²) in [6.07, 6.45) is 0. The van der Waals surface area contributed by atoms with Gasteiger partial charge in [-0.15, -0.1) is 0 Å². The Bertz CT molecular complexity index is 1040. The number of ether oxygens (including phenoxy) is 2. The number of para-hydroxylation sites is 2. The van der Waals surface area contributed by atoms with E-state index in [1.54, 1.807) is 4.57 Å². The fraction of sp³-hybridized carbons (Fsp3) is 0.391. The topological polar surface area (TPSA) is 74.5 Å². The van der Waals surface area contributed by atoms with Gasteiger partial charge in [-0.2, -0.15) is 0 Å². The largest absolute Gasteiger partial charge is 0.379 e. The van der Waals surface area contributed by atoms with Crippen molar-refractivity contribution in [3.05, 3.63) is 70.1 Å². The number of benzene rings is 2. The van der Waals surface area contributed by atoms with Crippen molar-refractivity contribution < 1.29 is 14.3 Å². The molecule has 1 amide bonds. The van der Waals surface area contributed by atoms with Crippen LogP contribution in [0.5, 0.6) is 0 Å². The Morgan fingerprint density at radius 2 is 1.63 bits per heavy atom. The number of carbonyl (C=O) groups excluding carboxylic acids is 1. The molecule has 0 saturated heterocycles. The Kier molecular flexibility index (Phi) is 7.82. The van der Waals surface area contributed by atoms with E-state index in [0.717, 1.165) is 22.2 Å². The summed E-state index contributed by atoms with van der Waals surface area (Å²) in [4.78, 5) is 25.2. The molecule has 0 saturated carbocycles. The molecule has 0 aliphatic carbocycles. The first-order valence-corrected chi connectivity index (χ1v) is 10.3. The predicted molar refractivity (Wildman–Crippen MR) is 116 cm³/mol. The number of fused-ring (bicyclic) bond motifs is 1. The van der Waals surface area contributed by atoms with E-state index in [1.807, 2.05) is 62.4 Å². The second-order valence-corrected chi connectivity index (χ2v) is 6.95.